The normalized spacial score (nSPS) is 24.6. The zero-order valence-corrected chi connectivity index (χ0v) is 15.7. The van der Waals surface area contributed by atoms with E-state index in [0.717, 1.165) is 58.3 Å². The number of aliphatic imine (C=N–C) groups is 1. The van der Waals surface area contributed by atoms with Crippen molar-refractivity contribution < 1.29 is 9.84 Å². The lowest BCUT2D eigenvalue weighted by Crippen LogP contribution is -2.49. The smallest absolute Gasteiger partial charge is 0.194 e. The average molecular weight is 341 g/mol. The lowest BCUT2D eigenvalue weighted by molar-refractivity contribution is 0.00390. The van der Waals surface area contributed by atoms with E-state index < -0.39 is 0 Å². The molecule has 0 aliphatic carbocycles. The lowest BCUT2D eigenvalue weighted by Gasteiger charge is -2.38. The van der Waals surface area contributed by atoms with Crippen LogP contribution in [0, 0.1) is 5.92 Å². The molecular weight excluding hydrogens is 304 g/mol. The number of aliphatic hydroxyl groups excluding tert-OH is 1. The Morgan fingerprint density at radius 1 is 1.21 bits per heavy atom. The van der Waals surface area contributed by atoms with Crippen LogP contribution in [0.25, 0.3) is 0 Å². The zero-order chi connectivity index (χ0) is 17.4. The second-order valence-electron chi connectivity index (χ2n) is 6.88. The number of hydrogen-bond donors (Lipinski definition) is 2. The summed E-state index contributed by atoms with van der Waals surface area (Å²) in [4.78, 5) is 9.71. The summed E-state index contributed by atoms with van der Waals surface area (Å²) in [5.41, 5.74) is 0. The van der Waals surface area contributed by atoms with Gasteiger partial charge < -0.3 is 20.1 Å². The van der Waals surface area contributed by atoms with E-state index in [2.05, 4.69) is 35.9 Å². The molecule has 0 radical (unpaired) electrons. The number of hydrogen-bond acceptors (Lipinski definition) is 4. The molecule has 2 fully saturated rings. The topological polar surface area (TPSA) is 60.3 Å². The highest BCUT2D eigenvalue weighted by Crippen LogP contribution is 2.21. The van der Waals surface area contributed by atoms with Crippen molar-refractivity contribution in [3.63, 3.8) is 0 Å². The summed E-state index contributed by atoms with van der Waals surface area (Å²) in [5, 5.41) is 13.2. The number of guanidine groups is 1. The van der Waals surface area contributed by atoms with E-state index >= 15 is 0 Å². The molecule has 0 bridgehead atoms. The molecular formula is C18H36N4O2. The van der Waals surface area contributed by atoms with Gasteiger partial charge in [-0.05, 0) is 19.3 Å². The van der Waals surface area contributed by atoms with Crippen molar-refractivity contribution in [1.82, 2.24) is 15.1 Å². The molecule has 2 atom stereocenters. The fraction of sp³-hybridized carbons (Fsp3) is 0.944. The molecule has 6 heteroatoms. The molecule has 0 saturated carbocycles. The van der Waals surface area contributed by atoms with E-state index in [4.69, 9.17) is 9.73 Å². The predicted molar refractivity (Wildman–Crippen MR) is 98.4 cm³/mol. The summed E-state index contributed by atoms with van der Waals surface area (Å²) in [6.45, 7) is 13.6. The highest BCUT2D eigenvalue weighted by Gasteiger charge is 2.28. The molecule has 24 heavy (non-hydrogen) atoms. The second kappa shape index (κ2) is 10.2. The van der Waals surface area contributed by atoms with Crippen molar-refractivity contribution in [2.45, 2.75) is 52.2 Å². The lowest BCUT2D eigenvalue weighted by atomic mass is 9.92. The number of aliphatic hydroxyl groups is 1. The predicted octanol–water partition coefficient (Wildman–Crippen LogP) is 1.16. The SMILES string of the molecule is CCNC(=NCC(C(CC)CC)N1CCOCC1)N1CC[C@@H](O)C1. The zero-order valence-electron chi connectivity index (χ0n) is 15.7. The monoisotopic (exact) mass is 340 g/mol. The quantitative estimate of drug-likeness (QED) is 0.538. The molecule has 0 amide bonds. The summed E-state index contributed by atoms with van der Waals surface area (Å²) >= 11 is 0. The second-order valence-corrected chi connectivity index (χ2v) is 6.88. The fourth-order valence-corrected chi connectivity index (χ4v) is 3.84. The minimum absolute atomic E-state index is 0.220. The fourth-order valence-electron chi connectivity index (χ4n) is 3.84. The van der Waals surface area contributed by atoms with Crippen LogP contribution in [0.3, 0.4) is 0 Å². The molecule has 140 valence electrons. The molecule has 2 saturated heterocycles. The molecule has 2 heterocycles. The van der Waals surface area contributed by atoms with Crippen LogP contribution in [-0.2, 0) is 4.74 Å². The minimum atomic E-state index is -0.220. The van der Waals surface area contributed by atoms with Crippen LogP contribution in [0.15, 0.2) is 4.99 Å². The first-order valence-electron chi connectivity index (χ1n) is 9.72. The summed E-state index contributed by atoms with van der Waals surface area (Å²) in [5.74, 6) is 1.62. The van der Waals surface area contributed by atoms with E-state index in [-0.39, 0.29) is 6.10 Å². The van der Waals surface area contributed by atoms with Crippen LogP contribution in [0.4, 0.5) is 0 Å². The molecule has 1 unspecified atom stereocenters. The van der Waals surface area contributed by atoms with Gasteiger partial charge in [-0.25, -0.2) is 0 Å². The van der Waals surface area contributed by atoms with Gasteiger partial charge in [0, 0.05) is 38.8 Å². The highest BCUT2D eigenvalue weighted by molar-refractivity contribution is 5.80. The maximum Gasteiger partial charge on any atom is 0.194 e. The standard InChI is InChI=1S/C18H36N4O2/c1-4-15(5-2)17(21-9-11-24-12-10-21)13-20-18(19-6-3)22-8-7-16(23)14-22/h15-17,23H,4-14H2,1-3H3,(H,19,20)/t16-,17?/m1/s1. The number of nitrogens with zero attached hydrogens (tertiary/aromatic N) is 3. The molecule has 0 aromatic rings. The van der Waals surface area contributed by atoms with Gasteiger partial charge in [0.15, 0.2) is 5.96 Å². The Morgan fingerprint density at radius 2 is 1.92 bits per heavy atom. The van der Waals surface area contributed by atoms with Gasteiger partial charge in [0.05, 0.1) is 25.9 Å². The molecule has 0 spiro atoms. The largest absolute Gasteiger partial charge is 0.391 e. The van der Waals surface area contributed by atoms with Crippen LogP contribution in [0.5, 0.6) is 0 Å². The Hall–Kier alpha value is -0.850. The van der Waals surface area contributed by atoms with Gasteiger partial charge in [-0.1, -0.05) is 26.7 Å². The van der Waals surface area contributed by atoms with Gasteiger partial charge in [-0.2, -0.15) is 0 Å². The molecule has 0 aromatic heterocycles. The highest BCUT2D eigenvalue weighted by atomic mass is 16.5. The summed E-state index contributed by atoms with van der Waals surface area (Å²) in [7, 11) is 0. The Morgan fingerprint density at radius 3 is 2.46 bits per heavy atom. The Bertz CT molecular complexity index is 381. The van der Waals surface area contributed by atoms with Gasteiger partial charge in [0.25, 0.3) is 0 Å². The minimum Gasteiger partial charge on any atom is -0.391 e. The molecule has 0 aromatic carbocycles. The Balaban J connectivity index is 2.06. The Kier molecular flexibility index (Phi) is 8.29. The maximum atomic E-state index is 9.82. The third-order valence-corrected chi connectivity index (χ3v) is 5.33. The Labute approximate surface area is 147 Å². The first-order valence-corrected chi connectivity index (χ1v) is 9.72. The van der Waals surface area contributed by atoms with Crippen LogP contribution in [0.2, 0.25) is 0 Å². The molecule has 2 aliphatic heterocycles. The summed E-state index contributed by atoms with van der Waals surface area (Å²) in [6, 6.07) is 0.477. The molecule has 2 N–H and O–H groups in total. The van der Waals surface area contributed by atoms with Crippen molar-refractivity contribution in [3.05, 3.63) is 0 Å². The van der Waals surface area contributed by atoms with E-state index in [1.165, 1.54) is 12.8 Å². The number of morpholine rings is 1. The average Bonchev–Trinajstić information content (AvgIpc) is 3.04. The van der Waals surface area contributed by atoms with E-state index in [1.54, 1.807) is 0 Å². The van der Waals surface area contributed by atoms with Crippen molar-refractivity contribution in [2.75, 3.05) is 52.5 Å². The van der Waals surface area contributed by atoms with E-state index in [0.29, 0.717) is 18.5 Å². The number of ether oxygens (including phenoxy) is 1. The van der Waals surface area contributed by atoms with Gasteiger partial charge >= 0.3 is 0 Å². The van der Waals surface area contributed by atoms with Crippen molar-refractivity contribution in [1.29, 1.82) is 0 Å². The van der Waals surface area contributed by atoms with E-state index in [1.807, 2.05) is 0 Å². The van der Waals surface area contributed by atoms with Crippen LogP contribution in [-0.4, -0.2) is 85.5 Å². The third-order valence-electron chi connectivity index (χ3n) is 5.33. The molecule has 2 rings (SSSR count). The van der Waals surface area contributed by atoms with Crippen LogP contribution in [0.1, 0.15) is 40.0 Å². The molecule has 2 aliphatic rings. The molecule has 6 nitrogen and oxygen atoms in total. The number of likely N-dealkylation sites (tertiary alicyclic amines) is 1. The van der Waals surface area contributed by atoms with Gasteiger partial charge in [-0.3, -0.25) is 9.89 Å². The van der Waals surface area contributed by atoms with Crippen LogP contribution >= 0.6 is 0 Å². The third kappa shape index (κ3) is 5.33. The van der Waals surface area contributed by atoms with Gasteiger partial charge in [-0.15, -0.1) is 0 Å². The first kappa shape index (κ1) is 19.5. The first-order chi connectivity index (χ1) is 11.7. The number of nitrogens with one attached hydrogen (secondary N) is 1. The van der Waals surface area contributed by atoms with Crippen LogP contribution < -0.4 is 5.32 Å². The van der Waals surface area contributed by atoms with Crippen molar-refractivity contribution in [2.24, 2.45) is 10.9 Å². The van der Waals surface area contributed by atoms with Gasteiger partial charge in [0.1, 0.15) is 0 Å². The van der Waals surface area contributed by atoms with Crippen molar-refractivity contribution >= 4 is 5.96 Å². The van der Waals surface area contributed by atoms with E-state index in [9.17, 15) is 5.11 Å². The summed E-state index contributed by atoms with van der Waals surface area (Å²) in [6.07, 6.45) is 2.99. The number of rotatable bonds is 7. The number of β-amino-alcohol motifs (C(OH)–C–C–N with tert-alkyl or cyclic N) is 1. The summed E-state index contributed by atoms with van der Waals surface area (Å²) < 4.78 is 5.53. The van der Waals surface area contributed by atoms with Crippen molar-refractivity contribution in [3.8, 4) is 0 Å². The van der Waals surface area contributed by atoms with Gasteiger partial charge in [0.2, 0.25) is 0 Å². The maximum absolute atomic E-state index is 9.82.